The van der Waals surface area contributed by atoms with E-state index in [2.05, 4.69) is 0 Å². The number of benzene rings is 1. The highest BCUT2D eigenvalue weighted by atomic mass is 16.4. The number of hydrogen-bond acceptors (Lipinski definition) is 2. The van der Waals surface area contributed by atoms with E-state index in [9.17, 15) is 9.90 Å². The number of aryl methyl sites for hydroxylation is 1. The Labute approximate surface area is 102 Å². The van der Waals surface area contributed by atoms with Crippen LogP contribution in [0.15, 0.2) is 12.1 Å². The molecule has 0 unspecified atom stereocenters. The summed E-state index contributed by atoms with van der Waals surface area (Å²) in [5.74, 6) is -0.800. The quantitative estimate of drug-likeness (QED) is 0.848. The fourth-order valence-electron chi connectivity index (χ4n) is 1.83. The Morgan fingerprint density at radius 1 is 1.29 bits per heavy atom. The summed E-state index contributed by atoms with van der Waals surface area (Å²) in [6.07, 6.45) is 0.693. The summed E-state index contributed by atoms with van der Waals surface area (Å²) in [6.45, 7) is 8.04. The summed E-state index contributed by atoms with van der Waals surface area (Å²) in [4.78, 5) is 10.8. The molecule has 0 atom stereocenters. The van der Waals surface area contributed by atoms with Crippen molar-refractivity contribution in [2.24, 2.45) is 0 Å². The lowest BCUT2D eigenvalue weighted by molar-refractivity contribution is -0.136. The summed E-state index contributed by atoms with van der Waals surface area (Å²) < 4.78 is 0. The van der Waals surface area contributed by atoms with Gasteiger partial charge in [0.1, 0.15) is 5.75 Å². The molecule has 0 radical (unpaired) electrons. The lowest BCUT2D eigenvalue weighted by atomic mass is 9.83. The number of aliphatic carboxylic acids is 1. The fraction of sp³-hybridized carbons (Fsp3) is 0.500. The number of carboxylic acid groups (broad SMARTS) is 1. The van der Waals surface area contributed by atoms with Crippen molar-refractivity contribution in [1.82, 2.24) is 0 Å². The minimum atomic E-state index is -0.923. The molecule has 0 aliphatic heterocycles. The van der Waals surface area contributed by atoms with Crippen LogP contribution in [0.3, 0.4) is 0 Å². The van der Waals surface area contributed by atoms with Gasteiger partial charge in [-0.1, -0.05) is 39.8 Å². The van der Waals surface area contributed by atoms with Crippen molar-refractivity contribution in [2.45, 2.75) is 46.0 Å². The topological polar surface area (TPSA) is 57.5 Å². The zero-order chi connectivity index (χ0) is 13.2. The Kier molecular flexibility index (Phi) is 3.81. The molecule has 1 aromatic carbocycles. The third-order valence-corrected chi connectivity index (χ3v) is 2.81. The average Bonchev–Trinajstić information content (AvgIpc) is 2.18. The maximum absolute atomic E-state index is 10.8. The molecular weight excluding hydrogens is 216 g/mol. The third kappa shape index (κ3) is 3.22. The fourth-order valence-corrected chi connectivity index (χ4v) is 1.83. The average molecular weight is 236 g/mol. The molecule has 0 spiro atoms. The largest absolute Gasteiger partial charge is 0.507 e. The molecule has 0 saturated carbocycles. The van der Waals surface area contributed by atoms with Gasteiger partial charge in [-0.05, 0) is 23.0 Å². The van der Waals surface area contributed by atoms with Gasteiger partial charge in [-0.3, -0.25) is 4.79 Å². The molecule has 0 aliphatic carbocycles. The van der Waals surface area contributed by atoms with Crippen LogP contribution in [-0.2, 0) is 23.1 Å². The molecule has 0 amide bonds. The van der Waals surface area contributed by atoms with Gasteiger partial charge in [0, 0.05) is 5.56 Å². The predicted molar refractivity (Wildman–Crippen MR) is 67.5 cm³/mol. The molecule has 17 heavy (non-hydrogen) atoms. The van der Waals surface area contributed by atoms with Crippen LogP contribution in [0.5, 0.6) is 5.75 Å². The van der Waals surface area contributed by atoms with E-state index in [0.29, 0.717) is 5.56 Å². The van der Waals surface area contributed by atoms with Gasteiger partial charge < -0.3 is 10.2 Å². The molecule has 0 aromatic heterocycles. The first-order valence-electron chi connectivity index (χ1n) is 5.82. The Morgan fingerprint density at radius 3 is 2.29 bits per heavy atom. The molecule has 2 N–H and O–H groups in total. The van der Waals surface area contributed by atoms with Crippen molar-refractivity contribution in [3.05, 3.63) is 28.8 Å². The molecule has 0 saturated heterocycles. The molecule has 3 nitrogen and oxygen atoms in total. The normalized spacial score (nSPS) is 11.5. The van der Waals surface area contributed by atoms with Crippen molar-refractivity contribution in [1.29, 1.82) is 0 Å². The van der Waals surface area contributed by atoms with Gasteiger partial charge in [0.25, 0.3) is 0 Å². The molecule has 0 fully saturated rings. The lowest BCUT2D eigenvalue weighted by Crippen LogP contribution is -2.13. The number of carbonyl (C=O) groups is 1. The summed E-state index contributed by atoms with van der Waals surface area (Å²) >= 11 is 0. The predicted octanol–water partition coefficient (Wildman–Crippen LogP) is 2.88. The molecule has 1 aromatic rings. The summed E-state index contributed by atoms with van der Waals surface area (Å²) in [7, 11) is 0. The van der Waals surface area contributed by atoms with Crippen LogP contribution in [0, 0.1) is 0 Å². The van der Waals surface area contributed by atoms with Crippen molar-refractivity contribution in [3.63, 3.8) is 0 Å². The van der Waals surface area contributed by atoms with E-state index in [1.807, 2.05) is 33.8 Å². The first-order chi connectivity index (χ1) is 7.75. The summed E-state index contributed by atoms with van der Waals surface area (Å²) in [5, 5.41) is 19.0. The van der Waals surface area contributed by atoms with Crippen LogP contribution in [-0.4, -0.2) is 16.2 Å². The van der Waals surface area contributed by atoms with Gasteiger partial charge >= 0.3 is 5.97 Å². The van der Waals surface area contributed by atoms with Gasteiger partial charge in [-0.2, -0.15) is 0 Å². The van der Waals surface area contributed by atoms with E-state index < -0.39 is 5.97 Å². The highest BCUT2D eigenvalue weighted by molar-refractivity contribution is 5.72. The third-order valence-electron chi connectivity index (χ3n) is 2.81. The number of phenolic OH excluding ortho intramolecular Hbond substituents is 1. The minimum absolute atomic E-state index is 0.122. The van der Waals surface area contributed by atoms with E-state index in [1.165, 1.54) is 0 Å². The number of carboxylic acids is 1. The van der Waals surface area contributed by atoms with E-state index in [0.717, 1.165) is 17.5 Å². The van der Waals surface area contributed by atoms with Gasteiger partial charge in [0.15, 0.2) is 0 Å². The maximum atomic E-state index is 10.8. The summed E-state index contributed by atoms with van der Waals surface area (Å²) in [6, 6.07) is 3.74. The zero-order valence-corrected chi connectivity index (χ0v) is 10.9. The maximum Gasteiger partial charge on any atom is 0.307 e. The Balaban J connectivity index is 3.36. The molecule has 0 aliphatic rings. The van der Waals surface area contributed by atoms with Crippen LogP contribution in [0.25, 0.3) is 0 Å². The van der Waals surface area contributed by atoms with Crippen molar-refractivity contribution < 1.29 is 15.0 Å². The second-order valence-corrected chi connectivity index (χ2v) is 5.33. The standard InChI is InChI=1S/C14H20O3/c1-5-9-6-10(8-12(15)16)13(17)11(7-9)14(2,3)4/h6-7,17H,5,8H2,1-4H3,(H,15,16). The Morgan fingerprint density at radius 2 is 1.88 bits per heavy atom. The lowest BCUT2D eigenvalue weighted by Gasteiger charge is -2.23. The van der Waals surface area contributed by atoms with Gasteiger partial charge in [0.2, 0.25) is 0 Å². The van der Waals surface area contributed by atoms with E-state index in [-0.39, 0.29) is 17.6 Å². The molecule has 0 heterocycles. The van der Waals surface area contributed by atoms with Crippen molar-refractivity contribution in [2.75, 3.05) is 0 Å². The number of rotatable bonds is 3. The van der Waals surface area contributed by atoms with Crippen molar-refractivity contribution >= 4 is 5.97 Å². The van der Waals surface area contributed by atoms with Crippen LogP contribution < -0.4 is 0 Å². The number of aromatic hydroxyl groups is 1. The first-order valence-corrected chi connectivity index (χ1v) is 5.82. The van der Waals surface area contributed by atoms with Gasteiger partial charge in [-0.15, -0.1) is 0 Å². The van der Waals surface area contributed by atoms with Crippen LogP contribution in [0.1, 0.15) is 44.4 Å². The highest BCUT2D eigenvalue weighted by Crippen LogP contribution is 2.34. The van der Waals surface area contributed by atoms with Crippen molar-refractivity contribution in [3.8, 4) is 5.75 Å². The number of hydrogen-bond donors (Lipinski definition) is 2. The molecular formula is C14H20O3. The molecule has 94 valence electrons. The molecule has 3 heteroatoms. The smallest absolute Gasteiger partial charge is 0.307 e. The molecule has 1 rings (SSSR count). The monoisotopic (exact) mass is 236 g/mol. The van der Waals surface area contributed by atoms with Crippen LogP contribution in [0.4, 0.5) is 0 Å². The van der Waals surface area contributed by atoms with Gasteiger partial charge in [-0.25, -0.2) is 0 Å². The summed E-state index contributed by atoms with van der Waals surface area (Å²) in [5.41, 5.74) is 2.18. The first kappa shape index (κ1) is 13.6. The van der Waals surface area contributed by atoms with E-state index in [1.54, 1.807) is 6.07 Å². The Bertz CT molecular complexity index is 428. The zero-order valence-electron chi connectivity index (χ0n) is 10.9. The second kappa shape index (κ2) is 4.78. The second-order valence-electron chi connectivity index (χ2n) is 5.33. The van der Waals surface area contributed by atoms with E-state index in [4.69, 9.17) is 5.11 Å². The number of phenols is 1. The minimum Gasteiger partial charge on any atom is -0.507 e. The molecule has 0 bridgehead atoms. The van der Waals surface area contributed by atoms with Crippen LogP contribution in [0.2, 0.25) is 0 Å². The highest BCUT2D eigenvalue weighted by Gasteiger charge is 2.21. The van der Waals surface area contributed by atoms with Gasteiger partial charge in [0.05, 0.1) is 6.42 Å². The Hall–Kier alpha value is -1.51. The van der Waals surface area contributed by atoms with Crippen LogP contribution >= 0.6 is 0 Å². The SMILES string of the molecule is CCc1cc(CC(=O)O)c(O)c(C(C)(C)C)c1. The van der Waals surface area contributed by atoms with E-state index >= 15 is 0 Å².